The van der Waals surface area contributed by atoms with E-state index in [1.165, 1.54) is 13.2 Å². The van der Waals surface area contributed by atoms with Gasteiger partial charge in [-0.05, 0) is 36.2 Å². The van der Waals surface area contributed by atoms with Crippen molar-refractivity contribution >= 4 is 11.6 Å². The third-order valence-electron chi connectivity index (χ3n) is 4.63. The fraction of sp³-hybridized carbons (Fsp3) is 0.130. The van der Waals surface area contributed by atoms with Crippen LogP contribution in [0.1, 0.15) is 23.6 Å². The summed E-state index contributed by atoms with van der Waals surface area (Å²) >= 11 is 0. The molecule has 0 bridgehead atoms. The molecule has 1 amide bonds. The van der Waals surface area contributed by atoms with Crippen molar-refractivity contribution in [1.29, 1.82) is 0 Å². The number of methoxy groups -OCH3 is 1. The molecule has 0 unspecified atom stereocenters. The summed E-state index contributed by atoms with van der Waals surface area (Å²) in [6.07, 6.45) is 0. The van der Waals surface area contributed by atoms with Crippen LogP contribution in [0.2, 0.25) is 0 Å². The molecule has 148 valence electrons. The Kier molecular flexibility index (Phi) is 5.95. The van der Waals surface area contributed by atoms with Crippen molar-refractivity contribution in [2.24, 2.45) is 5.10 Å². The molecular weight excluding hydrogens is 368 g/mol. The predicted octanol–water partition coefficient (Wildman–Crippen LogP) is 3.18. The van der Waals surface area contributed by atoms with Gasteiger partial charge in [-0.1, -0.05) is 60.7 Å². The minimum absolute atomic E-state index is 0.00983. The molecule has 0 spiro atoms. The van der Waals surface area contributed by atoms with Crippen molar-refractivity contribution in [2.45, 2.75) is 12.5 Å². The molecule has 6 nitrogen and oxygen atoms in total. The molecule has 3 rings (SSSR count). The van der Waals surface area contributed by atoms with Gasteiger partial charge < -0.3 is 14.9 Å². The number of aromatic hydroxyl groups is 1. The van der Waals surface area contributed by atoms with E-state index in [0.29, 0.717) is 28.2 Å². The third kappa shape index (κ3) is 4.12. The van der Waals surface area contributed by atoms with Gasteiger partial charge in [0.1, 0.15) is 0 Å². The molecule has 0 heterocycles. The van der Waals surface area contributed by atoms with Crippen molar-refractivity contribution in [3.8, 4) is 11.5 Å². The van der Waals surface area contributed by atoms with Gasteiger partial charge in [0.2, 0.25) is 0 Å². The van der Waals surface area contributed by atoms with Gasteiger partial charge in [0.05, 0.1) is 12.8 Å². The lowest BCUT2D eigenvalue weighted by Gasteiger charge is -2.27. The normalized spacial score (nSPS) is 11.8. The Labute approximate surface area is 169 Å². The molecule has 3 aromatic rings. The van der Waals surface area contributed by atoms with Crippen LogP contribution in [-0.4, -0.2) is 28.9 Å². The number of phenols is 1. The van der Waals surface area contributed by atoms with Crippen molar-refractivity contribution in [1.82, 2.24) is 5.43 Å². The van der Waals surface area contributed by atoms with E-state index in [0.717, 1.165) is 0 Å². The zero-order valence-electron chi connectivity index (χ0n) is 16.2. The Morgan fingerprint density at radius 3 is 2.03 bits per heavy atom. The second kappa shape index (κ2) is 8.58. The van der Waals surface area contributed by atoms with Crippen LogP contribution in [-0.2, 0) is 10.4 Å². The van der Waals surface area contributed by atoms with Crippen molar-refractivity contribution in [3.05, 3.63) is 95.6 Å². The Balaban J connectivity index is 1.92. The first-order chi connectivity index (χ1) is 14.0. The average Bonchev–Trinajstić information content (AvgIpc) is 2.78. The average molecular weight is 390 g/mol. The molecule has 0 saturated carbocycles. The van der Waals surface area contributed by atoms with Crippen molar-refractivity contribution < 1.29 is 19.7 Å². The van der Waals surface area contributed by atoms with Crippen LogP contribution in [0.4, 0.5) is 0 Å². The Hall–Kier alpha value is -3.64. The summed E-state index contributed by atoms with van der Waals surface area (Å²) in [4.78, 5) is 13.0. The Bertz CT molecular complexity index is 978. The maximum Gasteiger partial charge on any atom is 0.281 e. The van der Waals surface area contributed by atoms with E-state index in [-0.39, 0.29) is 5.75 Å². The number of carbonyl (C=O) groups excluding carboxylic acids is 1. The summed E-state index contributed by atoms with van der Waals surface area (Å²) < 4.78 is 5.10. The highest BCUT2D eigenvalue weighted by atomic mass is 16.5. The molecule has 0 saturated heterocycles. The number of benzene rings is 3. The molecule has 0 aliphatic carbocycles. The second-order valence-electron chi connectivity index (χ2n) is 6.47. The first-order valence-electron chi connectivity index (χ1n) is 9.02. The van der Waals surface area contributed by atoms with E-state index >= 15 is 0 Å². The van der Waals surface area contributed by atoms with Crippen molar-refractivity contribution in [2.75, 3.05) is 7.11 Å². The lowest BCUT2D eigenvalue weighted by atomic mass is 9.85. The molecular formula is C23H22N2O4. The number of carbonyl (C=O) groups is 1. The maximum atomic E-state index is 13.0. The standard InChI is InChI=1S/C23H22N2O4/c1-16(17-13-14-20(26)21(15-17)29-2)24-25-22(27)23(28,18-9-5-3-6-10-18)19-11-7-4-8-12-19/h3-15,26,28H,1-2H3,(H,25,27)/b24-16+. The van der Waals surface area contributed by atoms with Crippen LogP contribution in [0.5, 0.6) is 11.5 Å². The number of rotatable bonds is 6. The number of amides is 1. The maximum absolute atomic E-state index is 13.0. The van der Waals surface area contributed by atoms with Gasteiger partial charge in [0.15, 0.2) is 17.1 Å². The summed E-state index contributed by atoms with van der Waals surface area (Å²) in [5, 5.41) is 25.3. The van der Waals surface area contributed by atoms with Gasteiger partial charge in [0.25, 0.3) is 5.91 Å². The predicted molar refractivity (Wildman–Crippen MR) is 111 cm³/mol. The molecule has 0 radical (unpaired) electrons. The molecule has 0 atom stereocenters. The summed E-state index contributed by atoms with van der Waals surface area (Å²) in [7, 11) is 1.45. The molecule has 0 aliphatic rings. The van der Waals surface area contributed by atoms with E-state index in [4.69, 9.17) is 4.74 Å². The van der Waals surface area contributed by atoms with E-state index in [1.807, 2.05) is 12.1 Å². The van der Waals surface area contributed by atoms with Crippen LogP contribution in [0.15, 0.2) is 84.0 Å². The zero-order valence-corrected chi connectivity index (χ0v) is 16.2. The van der Waals surface area contributed by atoms with Crippen LogP contribution in [0, 0.1) is 0 Å². The highest BCUT2D eigenvalue weighted by Gasteiger charge is 2.39. The fourth-order valence-corrected chi connectivity index (χ4v) is 2.97. The minimum atomic E-state index is -1.90. The van der Waals surface area contributed by atoms with Crippen LogP contribution < -0.4 is 10.2 Å². The number of nitrogens with one attached hydrogen (secondary N) is 1. The quantitative estimate of drug-likeness (QED) is 0.445. The number of phenolic OH excluding ortho intramolecular Hbond substituents is 1. The molecule has 0 aliphatic heterocycles. The van der Waals surface area contributed by atoms with Crippen molar-refractivity contribution in [3.63, 3.8) is 0 Å². The summed E-state index contributed by atoms with van der Waals surface area (Å²) in [5.41, 5.74) is 2.57. The van der Waals surface area contributed by atoms with Gasteiger partial charge in [-0.3, -0.25) is 4.79 Å². The van der Waals surface area contributed by atoms with E-state index in [1.54, 1.807) is 67.6 Å². The number of hydrazone groups is 1. The highest BCUT2D eigenvalue weighted by Crippen LogP contribution is 2.30. The molecule has 29 heavy (non-hydrogen) atoms. The number of hydrogen-bond acceptors (Lipinski definition) is 5. The van der Waals surface area contributed by atoms with Gasteiger partial charge in [-0.2, -0.15) is 5.10 Å². The van der Waals surface area contributed by atoms with Crippen LogP contribution in [0.25, 0.3) is 0 Å². The summed E-state index contributed by atoms with van der Waals surface area (Å²) in [6.45, 7) is 1.70. The van der Waals surface area contributed by atoms with Crippen LogP contribution >= 0.6 is 0 Å². The lowest BCUT2D eigenvalue weighted by molar-refractivity contribution is -0.136. The molecule has 3 aromatic carbocycles. The topological polar surface area (TPSA) is 91.2 Å². The number of hydrogen-bond donors (Lipinski definition) is 3. The monoisotopic (exact) mass is 390 g/mol. The zero-order chi connectivity index (χ0) is 20.9. The Morgan fingerprint density at radius 2 is 1.52 bits per heavy atom. The van der Waals surface area contributed by atoms with E-state index in [9.17, 15) is 15.0 Å². The summed E-state index contributed by atoms with van der Waals surface area (Å²) in [5.74, 6) is -0.371. The van der Waals surface area contributed by atoms with Crippen LogP contribution in [0.3, 0.4) is 0 Å². The Morgan fingerprint density at radius 1 is 0.966 bits per heavy atom. The molecule has 0 aromatic heterocycles. The molecule has 0 fully saturated rings. The minimum Gasteiger partial charge on any atom is -0.504 e. The van der Waals surface area contributed by atoms with Gasteiger partial charge in [-0.15, -0.1) is 0 Å². The molecule has 6 heteroatoms. The fourth-order valence-electron chi connectivity index (χ4n) is 2.97. The van der Waals surface area contributed by atoms with Gasteiger partial charge >= 0.3 is 0 Å². The smallest absolute Gasteiger partial charge is 0.281 e. The highest BCUT2D eigenvalue weighted by molar-refractivity contribution is 6.00. The first-order valence-corrected chi connectivity index (χ1v) is 9.02. The van der Waals surface area contributed by atoms with E-state index in [2.05, 4.69) is 10.5 Å². The first kappa shape index (κ1) is 20.1. The van der Waals surface area contributed by atoms with E-state index < -0.39 is 11.5 Å². The SMILES string of the molecule is COc1cc(/C(C)=N/NC(=O)C(O)(c2ccccc2)c2ccccc2)ccc1O. The third-order valence-corrected chi connectivity index (χ3v) is 4.63. The van der Waals surface area contributed by atoms with Gasteiger partial charge in [-0.25, -0.2) is 5.43 Å². The summed E-state index contributed by atoms with van der Waals surface area (Å²) in [6, 6.07) is 22.2. The lowest BCUT2D eigenvalue weighted by Crippen LogP contribution is -2.43. The second-order valence-corrected chi connectivity index (χ2v) is 6.47. The number of aliphatic hydroxyl groups is 1. The number of ether oxygens (including phenoxy) is 1. The molecule has 3 N–H and O–H groups in total. The number of nitrogens with zero attached hydrogens (tertiary/aromatic N) is 1. The largest absolute Gasteiger partial charge is 0.504 e. The van der Waals surface area contributed by atoms with Gasteiger partial charge in [0, 0.05) is 5.56 Å².